The average molecular weight is 324 g/mol. The molecule has 0 bridgehead atoms. The quantitative estimate of drug-likeness (QED) is 0.886. The number of aromatic hydroxyl groups is 1. The van der Waals surface area contributed by atoms with Crippen molar-refractivity contribution in [1.82, 2.24) is 5.32 Å². The minimum atomic E-state index is 0. The standard InChI is InChI=1S/C16H17NO4.ClH/c1-19-14-4-2-11(6-13(14)18)8-17-9-12-3-5-15-16(7-12)21-10-20-15;/h2-7,17-18H,8-10H2,1H3;1H. The van der Waals surface area contributed by atoms with Gasteiger partial charge in [0.25, 0.3) is 0 Å². The number of phenols is 1. The van der Waals surface area contributed by atoms with Gasteiger partial charge in [-0.2, -0.15) is 0 Å². The second kappa shape index (κ2) is 7.24. The van der Waals surface area contributed by atoms with Gasteiger partial charge in [-0.05, 0) is 35.4 Å². The van der Waals surface area contributed by atoms with Gasteiger partial charge in [0.05, 0.1) is 7.11 Å². The van der Waals surface area contributed by atoms with Crippen LogP contribution >= 0.6 is 12.4 Å². The molecule has 2 aromatic rings. The van der Waals surface area contributed by atoms with E-state index in [1.807, 2.05) is 24.3 Å². The first-order chi connectivity index (χ1) is 10.3. The van der Waals surface area contributed by atoms with E-state index in [0.717, 1.165) is 22.6 Å². The van der Waals surface area contributed by atoms with Crippen LogP contribution in [0, 0.1) is 0 Å². The number of methoxy groups -OCH3 is 1. The number of fused-ring (bicyclic) bond motifs is 1. The van der Waals surface area contributed by atoms with Gasteiger partial charge in [-0.1, -0.05) is 12.1 Å². The topological polar surface area (TPSA) is 60.0 Å². The molecule has 0 unspecified atom stereocenters. The summed E-state index contributed by atoms with van der Waals surface area (Å²) in [4.78, 5) is 0. The molecule has 1 aliphatic rings. The maximum atomic E-state index is 9.73. The maximum Gasteiger partial charge on any atom is 0.231 e. The number of ether oxygens (including phenoxy) is 3. The Morgan fingerprint density at radius 3 is 2.45 bits per heavy atom. The van der Waals surface area contributed by atoms with Crippen LogP contribution in [0.2, 0.25) is 0 Å². The fraction of sp³-hybridized carbons (Fsp3) is 0.250. The lowest BCUT2D eigenvalue weighted by Crippen LogP contribution is -2.12. The summed E-state index contributed by atoms with van der Waals surface area (Å²) in [5.74, 6) is 2.21. The average Bonchev–Trinajstić information content (AvgIpc) is 2.95. The molecule has 0 atom stereocenters. The Balaban J connectivity index is 0.00000176. The van der Waals surface area contributed by atoms with E-state index in [1.165, 1.54) is 7.11 Å². The highest BCUT2D eigenvalue weighted by atomic mass is 35.5. The van der Waals surface area contributed by atoms with E-state index in [2.05, 4.69) is 5.32 Å². The number of hydrogen-bond donors (Lipinski definition) is 2. The molecular weight excluding hydrogens is 306 g/mol. The predicted octanol–water partition coefficient (Wildman–Crippen LogP) is 2.84. The number of rotatable bonds is 5. The van der Waals surface area contributed by atoms with Crippen molar-refractivity contribution < 1.29 is 19.3 Å². The molecule has 0 spiro atoms. The zero-order valence-corrected chi connectivity index (χ0v) is 13.0. The lowest BCUT2D eigenvalue weighted by atomic mass is 10.1. The summed E-state index contributed by atoms with van der Waals surface area (Å²) in [6, 6.07) is 11.3. The zero-order valence-electron chi connectivity index (χ0n) is 12.2. The molecule has 6 heteroatoms. The Bertz CT molecular complexity index is 648. The lowest BCUT2D eigenvalue weighted by molar-refractivity contribution is 0.174. The molecule has 2 N–H and O–H groups in total. The van der Waals surface area contributed by atoms with Gasteiger partial charge in [0.2, 0.25) is 6.79 Å². The van der Waals surface area contributed by atoms with Crippen LogP contribution < -0.4 is 19.5 Å². The SMILES string of the molecule is COc1ccc(CNCc2ccc3c(c2)OCO3)cc1O.Cl. The smallest absolute Gasteiger partial charge is 0.231 e. The number of halogens is 1. The summed E-state index contributed by atoms with van der Waals surface area (Å²) in [6.07, 6.45) is 0. The third-order valence-electron chi connectivity index (χ3n) is 3.34. The normalized spacial score (nSPS) is 11.9. The van der Waals surface area contributed by atoms with Crippen molar-refractivity contribution in [2.45, 2.75) is 13.1 Å². The molecule has 0 aromatic heterocycles. The minimum absolute atomic E-state index is 0. The predicted molar refractivity (Wildman–Crippen MR) is 85.0 cm³/mol. The van der Waals surface area contributed by atoms with Gasteiger partial charge in [0, 0.05) is 13.1 Å². The molecule has 0 saturated heterocycles. The third kappa shape index (κ3) is 3.55. The van der Waals surface area contributed by atoms with Gasteiger partial charge in [-0.25, -0.2) is 0 Å². The van der Waals surface area contributed by atoms with E-state index >= 15 is 0 Å². The van der Waals surface area contributed by atoms with Crippen molar-refractivity contribution in [1.29, 1.82) is 0 Å². The van der Waals surface area contributed by atoms with E-state index in [-0.39, 0.29) is 24.9 Å². The van der Waals surface area contributed by atoms with Crippen molar-refractivity contribution >= 4 is 12.4 Å². The molecule has 0 radical (unpaired) electrons. The van der Waals surface area contributed by atoms with Gasteiger partial charge < -0.3 is 24.6 Å². The van der Waals surface area contributed by atoms with E-state index in [4.69, 9.17) is 14.2 Å². The Morgan fingerprint density at radius 1 is 1.05 bits per heavy atom. The molecule has 1 heterocycles. The molecule has 1 aliphatic heterocycles. The van der Waals surface area contributed by atoms with E-state index in [0.29, 0.717) is 18.8 Å². The summed E-state index contributed by atoms with van der Waals surface area (Å²) in [7, 11) is 1.53. The van der Waals surface area contributed by atoms with E-state index < -0.39 is 0 Å². The molecule has 0 aliphatic carbocycles. The first-order valence-electron chi connectivity index (χ1n) is 6.71. The molecule has 22 heavy (non-hydrogen) atoms. The summed E-state index contributed by atoms with van der Waals surface area (Å²) < 4.78 is 15.6. The summed E-state index contributed by atoms with van der Waals surface area (Å²) in [6.45, 7) is 1.66. The Kier molecular flexibility index (Phi) is 5.35. The van der Waals surface area contributed by atoms with Gasteiger partial charge in [-0.15, -0.1) is 12.4 Å². The van der Waals surface area contributed by atoms with Crippen molar-refractivity contribution in [2.24, 2.45) is 0 Å². The van der Waals surface area contributed by atoms with Gasteiger partial charge in [-0.3, -0.25) is 0 Å². The number of hydrogen-bond acceptors (Lipinski definition) is 5. The van der Waals surface area contributed by atoms with E-state index in [9.17, 15) is 5.11 Å². The maximum absolute atomic E-state index is 9.73. The summed E-state index contributed by atoms with van der Waals surface area (Å²) in [5, 5.41) is 13.1. The highest BCUT2D eigenvalue weighted by molar-refractivity contribution is 5.85. The number of nitrogens with one attached hydrogen (secondary N) is 1. The van der Waals surface area contributed by atoms with Gasteiger partial charge in [0.15, 0.2) is 23.0 Å². The van der Waals surface area contributed by atoms with Crippen molar-refractivity contribution in [3.8, 4) is 23.0 Å². The first-order valence-corrected chi connectivity index (χ1v) is 6.71. The second-order valence-electron chi connectivity index (χ2n) is 4.80. The van der Waals surface area contributed by atoms with Crippen LogP contribution in [0.3, 0.4) is 0 Å². The van der Waals surface area contributed by atoms with Crippen LogP contribution in [0.25, 0.3) is 0 Å². The van der Waals surface area contributed by atoms with Crippen LogP contribution in [0.4, 0.5) is 0 Å². The molecule has 118 valence electrons. The first kappa shape index (κ1) is 16.3. The minimum Gasteiger partial charge on any atom is -0.504 e. The van der Waals surface area contributed by atoms with Crippen molar-refractivity contribution in [2.75, 3.05) is 13.9 Å². The second-order valence-corrected chi connectivity index (χ2v) is 4.80. The Hall–Kier alpha value is -2.11. The van der Waals surface area contributed by atoms with Crippen molar-refractivity contribution in [3.63, 3.8) is 0 Å². The molecular formula is C16H18ClNO4. The molecule has 3 rings (SSSR count). The van der Waals surface area contributed by atoms with E-state index in [1.54, 1.807) is 12.1 Å². The lowest BCUT2D eigenvalue weighted by Gasteiger charge is -2.08. The third-order valence-corrected chi connectivity index (χ3v) is 3.34. The fourth-order valence-corrected chi connectivity index (χ4v) is 2.25. The van der Waals surface area contributed by atoms with Crippen LogP contribution in [0.5, 0.6) is 23.0 Å². The van der Waals surface area contributed by atoms with Crippen molar-refractivity contribution in [3.05, 3.63) is 47.5 Å². The number of phenolic OH excluding ortho intramolecular Hbond substituents is 1. The zero-order chi connectivity index (χ0) is 14.7. The summed E-state index contributed by atoms with van der Waals surface area (Å²) >= 11 is 0. The molecule has 0 fully saturated rings. The Morgan fingerprint density at radius 2 is 1.73 bits per heavy atom. The van der Waals surface area contributed by atoms with Crippen LogP contribution in [0.1, 0.15) is 11.1 Å². The Labute approximate surface area is 135 Å². The summed E-state index contributed by atoms with van der Waals surface area (Å²) in [5.41, 5.74) is 2.12. The molecule has 2 aromatic carbocycles. The number of benzene rings is 2. The monoisotopic (exact) mass is 323 g/mol. The van der Waals surface area contributed by atoms with Gasteiger partial charge in [0.1, 0.15) is 0 Å². The highest BCUT2D eigenvalue weighted by Crippen LogP contribution is 2.32. The largest absolute Gasteiger partial charge is 0.504 e. The highest BCUT2D eigenvalue weighted by Gasteiger charge is 2.12. The van der Waals surface area contributed by atoms with Crippen LogP contribution in [0.15, 0.2) is 36.4 Å². The van der Waals surface area contributed by atoms with Crippen LogP contribution in [-0.4, -0.2) is 19.0 Å². The molecule has 0 saturated carbocycles. The van der Waals surface area contributed by atoms with Gasteiger partial charge >= 0.3 is 0 Å². The molecule has 0 amide bonds. The molecule has 5 nitrogen and oxygen atoms in total. The van der Waals surface area contributed by atoms with Crippen LogP contribution in [-0.2, 0) is 13.1 Å². The fourth-order valence-electron chi connectivity index (χ4n) is 2.25.